The summed E-state index contributed by atoms with van der Waals surface area (Å²) in [5.74, 6) is -0.525. The Kier molecular flexibility index (Phi) is 9.39. The molecule has 3 rings (SSSR count). The van der Waals surface area contributed by atoms with E-state index in [1.165, 1.54) is 46.1 Å². The smallest absolute Gasteiger partial charge is 0.415 e. The first kappa shape index (κ1) is 30.8. The van der Waals surface area contributed by atoms with E-state index in [4.69, 9.17) is 24.2 Å². The molecule has 2 atom stereocenters. The molecule has 1 saturated carbocycles. The van der Waals surface area contributed by atoms with Gasteiger partial charge in [0.15, 0.2) is 6.04 Å². The van der Waals surface area contributed by atoms with Gasteiger partial charge >= 0.3 is 24.2 Å². The highest BCUT2D eigenvalue weighted by Gasteiger charge is 2.50. The molecule has 1 saturated heterocycles. The third kappa shape index (κ3) is 8.13. The fourth-order valence-electron chi connectivity index (χ4n) is 4.29. The number of esters is 1. The SMILES string of the molecule is COC(=O)C1[C@H](CN(C(=O)Oc2ccc(NO)cc2)C2CC2)N(C(=O)OC(C)(C)C)CCN1C(=O)OC(C)(C)C. The van der Waals surface area contributed by atoms with Gasteiger partial charge in [-0.2, -0.15) is 0 Å². The van der Waals surface area contributed by atoms with Crippen molar-refractivity contribution in [3.05, 3.63) is 24.3 Å². The Morgan fingerprint density at radius 2 is 1.45 bits per heavy atom. The lowest BCUT2D eigenvalue weighted by atomic mass is 10.0. The van der Waals surface area contributed by atoms with E-state index in [2.05, 4.69) is 0 Å². The maximum absolute atomic E-state index is 13.4. The summed E-state index contributed by atoms with van der Waals surface area (Å²) < 4.78 is 21.8. The van der Waals surface area contributed by atoms with E-state index in [-0.39, 0.29) is 31.4 Å². The minimum atomic E-state index is -1.27. The van der Waals surface area contributed by atoms with Crippen molar-refractivity contribution in [1.82, 2.24) is 14.7 Å². The second-order valence-corrected chi connectivity index (χ2v) is 11.8. The number of carbonyl (C=O) groups excluding carboxylic acids is 4. The standard InChI is InChI=1S/C27H40N4O9/c1-26(2,3)39-24(34)29-14-15-30(25(35)40-27(4,5)6)21(22(32)37-7)20(29)16-31(18-10-11-18)23(33)38-19-12-8-17(28-36)9-13-19/h8-9,12-13,18,20-21,28,36H,10-11,14-16H2,1-7H3/t20-,21?/m0/s1. The molecule has 13 heteroatoms. The predicted octanol–water partition coefficient (Wildman–Crippen LogP) is 3.85. The summed E-state index contributed by atoms with van der Waals surface area (Å²) in [4.78, 5) is 57.1. The Hall–Kier alpha value is -3.74. The van der Waals surface area contributed by atoms with Gasteiger partial charge in [-0.15, -0.1) is 0 Å². The quantitative estimate of drug-likeness (QED) is 0.297. The highest BCUT2D eigenvalue weighted by atomic mass is 16.6. The van der Waals surface area contributed by atoms with Gasteiger partial charge in [-0.25, -0.2) is 19.2 Å². The highest BCUT2D eigenvalue weighted by Crippen LogP contribution is 2.32. The number of nitrogens with one attached hydrogen (secondary N) is 1. The summed E-state index contributed by atoms with van der Waals surface area (Å²) in [6.07, 6.45) is -0.698. The van der Waals surface area contributed by atoms with Gasteiger partial charge in [-0.05, 0) is 78.6 Å². The van der Waals surface area contributed by atoms with Crippen LogP contribution < -0.4 is 10.2 Å². The van der Waals surface area contributed by atoms with Gasteiger partial charge in [0.05, 0.1) is 18.8 Å². The molecule has 1 unspecified atom stereocenters. The van der Waals surface area contributed by atoms with Crippen molar-refractivity contribution >= 4 is 29.9 Å². The molecular formula is C27H40N4O9. The third-order valence-corrected chi connectivity index (χ3v) is 6.18. The first-order valence-corrected chi connectivity index (χ1v) is 13.2. The lowest BCUT2D eigenvalue weighted by Crippen LogP contribution is -2.68. The van der Waals surface area contributed by atoms with Crippen LogP contribution in [0.1, 0.15) is 54.4 Å². The van der Waals surface area contributed by atoms with Gasteiger partial charge in [-0.1, -0.05) is 0 Å². The average Bonchev–Trinajstić information content (AvgIpc) is 3.69. The van der Waals surface area contributed by atoms with E-state index in [9.17, 15) is 19.2 Å². The average molecular weight is 565 g/mol. The zero-order valence-corrected chi connectivity index (χ0v) is 24.1. The summed E-state index contributed by atoms with van der Waals surface area (Å²) in [5, 5.41) is 9.03. The number of rotatable bonds is 6. The zero-order chi connectivity index (χ0) is 29.8. The van der Waals surface area contributed by atoms with Crippen LogP contribution in [0.2, 0.25) is 0 Å². The topological polar surface area (TPSA) is 147 Å². The van der Waals surface area contributed by atoms with Crippen molar-refractivity contribution < 1.29 is 43.3 Å². The van der Waals surface area contributed by atoms with Crippen LogP contribution in [0.3, 0.4) is 0 Å². The molecule has 1 aliphatic carbocycles. The maximum atomic E-state index is 13.4. The second kappa shape index (κ2) is 12.2. The van der Waals surface area contributed by atoms with Crippen molar-refractivity contribution in [1.29, 1.82) is 0 Å². The molecular weight excluding hydrogens is 524 g/mol. The van der Waals surface area contributed by atoms with E-state index in [1.54, 1.807) is 41.5 Å². The van der Waals surface area contributed by atoms with Crippen molar-refractivity contribution in [3.63, 3.8) is 0 Å². The van der Waals surface area contributed by atoms with E-state index in [0.29, 0.717) is 18.5 Å². The van der Waals surface area contributed by atoms with Gasteiger partial charge in [0.25, 0.3) is 0 Å². The Bertz CT molecular complexity index is 1080. The molecule has 1 aromatic rings. The maximum Gasteiger partial charge on any atom is 0.415 e. The van der Waals surface area contributed by atoms with E-state index >= 15 is 0 Å². The molecule has 1 heterocycles. The first-order chi connectivity index (χ1) is 18.6. The molecule has 3 amide bonds. The molecule has 1 aliphatic heterocycles. The molecule has 2 N–H and O–H groups in total. The lowest BCUT2D eigenvalue weighted by molar-refractivity contribution is -0.152. The second-order valence-electron chi connectivity index (χ2n) is 11.8. The zero-order valence-electron chi connectivity index (χ0n) is 24.1. The summed E-state index contributed by atoms with van der Waals surface area (Å²) in [5.41, 5.74) is 0.763. The molecule has 0 spiro atoms. The fourth-order valence-corrected chi connectivity index (χ4v) is 4.29. The number of anilines is 1. The van der Waals surface area contributed by atoms with Crippen LogP contribution in [0, 0.1) is 0 Å². The van der Waals surface area contributed by atoms with Crippen LogP contribution >= 0.6 is 0 Å². The largest absolute Gasteiger partial charge is 0.467 e. The van der Waals surface area contributed by atoms with Gasteiger partial charge in [-0.3, -0.25) is 20.5 Å². The molecule has 222 valence electrons. The van der Waals surface area contributed by atoms with Crippen LogP contribution in [-0.4, -0.2) is 100 Å². The molecule has 0 radical (unpaired) electrons. The van der Waals surface area contributed by atoms with Gasteiger partial charge in [0.1, 0.15) is 17.0 Å². The molecule has 0 aromatic heterocycles. The first-order valence-electron chi connectivity index (χ1n) is 13.2. The Labute approximate surface area is 234 Å². The number of ether oxygens (including phenoxy) is 4. The number of benzene rings is 1. The number of hydrogen-bond acceptors (Lipinski definition) is 10. The number of amides is 3. The van der Waals surface area contributed by atoms with Crippen LogP contribution in [0.15, 0.2) is 24.3 Å². The van der Waals surface area contributed by atoms with E-state index in [1.807, 2.05) is 5.48 Å². The molecule has 13 nitrogen and oxygen atoms in total. The van der Waals surface area contributed by atoms with Crippen LogP contribution in [0.4, 0.5) is 20.1 Å². The Morgan fingerprint density at radius 3 is 1.93 bits per heavy atom. The van der Waals surface area contributed by atoms with Gasteiger partial charge in [0.2, 0.25) is 0 Å². The van der Waals surface area contributed by atoms with Crippen molar-refractivity contribution in [2.75, 3.05) is 32.2 Å². The van der Waals surface area contributed by atoms with Gasteiger partial charge in [0, 0.05) is 25.7 Å². The number of methoxy groups -OCH3 is 1. The minimum absolute atomic E-state index is 0.0104. The molecule has 40 heavy (non-hydrogen) atoms. The minimum Gasteiger partial charge on any atom is -0.467 e. The Balaban J connectivity index is 1.95. The van der Waals surface area contributed by atoms with Crippen LogP contribution in [-0.2, 0) is 19.0 Å². The number of carbonyl (C=O) groups is 4. The summed E-state index contributed by atoms with van der Waals surface area (Å²) >= 11 is 0. The van der Waals surface area contributed by atoms with Crippen molar-refractivity contribution in [2.45, 2.75) is 83.7 Å². The molecule has 2 aliphatic rings. The van der Waals surface area contributed by atoms with E-state index in [0.717, 1.165) is 0 Å². The number of hydrogen-bond donors (Lipinski definition) is 2. The number of piperazine rings is 1. The molecule has 2 fully saturated rings. The predicted molar refractivity (Wildman–Crippen MR) is 143 cm³/mol. The summed E-state index contributed by atoms with van der Waals surface area (Å²) in [7, 11) is 1.19. The van der Waals surface area contributed by atoms with Crippen LogP contribution in [0.5, 0.6) is 5.75 Å². The van der Waals surface area contributed by atoms with Gasteiger partial charge < -0.3 is 23.8 Å². The molecule has 0 bridgehead atoms. The van der Waals surface area contributed by atoms with Crippen molar-refractivity contribution in [2.24, 2.45) is 0 Å². The Morgan fingerprint density at radius 1 is 0.925 bits per heavy atom. The lowest BCUT2D eigenvalue weighted by Gasteiger charge is -2.47. The monoisotopic (exact) mass is 564 g/mol. The summed E-state index contributed by atoms with van der Waals surface area (Å²) in [6, 6.07) is 3.61. The molecule has 1 aromatic carbocycles. The summed E-state index contributed by atoms with van der Waals surface area (Å²) in [6.45, 7) is 10.2. The number of nitrogens with zero attached hydrogens (tertiary/aromatic N) is 3. The van der Waals surface area contributed by atoms with Crippen molar-refractivity contribution in [3.8, 4) is 5.75 Å². The highest BCUT2D eigenvalue weighted by molar-refractivity contribution is 5.84. The fraction of sp³-hybridized carbons (Fsp3) is 0.630. The van der Waals surface area contributed by atoms with Crippen LogP contribution in [0.25, 0.3) is 0 Å². The van der Waals surface area contributed by atoms with E-state index < -0.39 is 47.5 Å². The third-order valence-electron chi connectivity index (χ3n) is 6.18. The normalized spacial score (nSPS) is 19.4.